The van der Waals surface area contributed by atoms with Gasteiger partial charge in [-0.25, -0.2) is 0 Å². The molecule has 0 bridgehead atoms. The molecule has 0 aliphatic carbocycles. The molecule has 74 valence electrons. The lowest BCUT2D eigenvalue weighted by Crippen LogP contribution is -2.04. The summed E-state index contributed by atoms with van der Waals surface area (Å²) in [6.07, 6.45) is 0. The summed E-state index contributed by atoms with van der Waals surface area (Å²) >= 11 is 1.88. The van der Waals surface area contributed by atoms with Gasteiger partial charge in [-0.3, -0.25) is 4.99 Å². The van der Waals surface area contributed by atoms with Crippen LogP contribution >= 0.6 is 11.8 Å². The van der Waals surface area contributed by atoms with Crippen LogP contribution < -0.4 is 0 Å². The second-order valence-electron chi connectivity index (χ2n) is 3.84. The molecule has 14 heavy (non-hydrogen) atoms. The normalized spacial score (nSPS) is 26.4. The second-order valence-corrected chi connectivity index (χ2v) is 5.17. The van der Waals surface area contributed by atoms with Gasteiger partial charge in [0.15, 0.2) is 0 Å². The monoisotopic (exact) mass is 205 g/mol. The number of hydrogen-bond donors (Lipinski definition) is 0. The van der Waals surface area contributed by atoms with Gasteiger partial charge in [0.05, 0.1) is 16.3 Å². The van der Waals surface area contributed by atoms with Gasteiger partial charge in [0, 0.05) is 0 Å². The van der Waals surface area contributed by atoms with Crippen LogP contribution in [-0.4, -0.2) is 11.1 Å². The number of aryl methyl sites for hydroxylation is 1. The van der Waals surface area contributed by atoms with Crippen LogP contribution in [0.5, 0.6) is 0 Å². The third-order valence-corrected chi connectivity index (χ3v) is 3.89. The molecule has 0 spiro atoms. The van der Waals surface area contributed by atoms with E-state index in [0.717, 1.165) is 0 Å². The van der Waals surface area contributed by atoms with Crippen molar-refractivity contribution in [2.75, 3.05) is 0 Å². The topological polar surface area (TPSA) is 12.4 Å². The van der Waals surface area contributed by atoms with Crippen molar-refractivity contribution in [3.05, 3.63) is 35.4 Å². The van der Waals surface area contributed by atoms with Crippen molar-refractivity contribution in [2.24, 2.45) is 4.99 Å². The molecule has 2 atom stereocenters. The van der Waals surface area contributed by atoms with Gasteiger partial charge in [-0.2, -0.15) is 0 Å². The van der Waals surface area contributed by atoms with Crippen molar-refractivity contribution in [1.82, 2.24) is 0 Å². The van der Waals surface area contributed by atoms with Gasteiger partial charge in [-0.1, -0.05) is 29.8 Å². The maximum absolute atomic E-state index is 4.55. The Morgan fingerprint density at radius 2 is 1.79 bits per heavy atom. The predicted molar refractivity (Wildman–Crippen MR) is 64.1 cm³/mol. The molecule has 2 rings (SSSR count). The lowest BCUT2D eigenvalue weighted by Gasteiger charge is -2.13. The largest absolute Gasteiger partial charge is 0.279 e. The van der Waals surface area contributed by atoms with E-state index >= 15 is 0 Å². The van der Waals surface area contributed by atoms with Crippen LogP contribution in [-0.2, 0) is 0 Å². The van der Waals surface area contributed by atoms with Crippen LogP contribution in [0.2, 0.25) is 0 Å². The average molecular weight is 205 g/mol. The minimum Gasteiger partial charge on any atom is -0.279 e. The number of rotatable bonds is 1. The maximum atomic E-state index is 4.55. The van der Waals surface area contributed by atoms with E-state index in [1.54, 1.807) is 0 Å². The number of benzene rings is 1. The van der Waals surface area contributed by atoms with Crippen LogP contribution in [0.15, 0.2) is 29.3 Å². The van der Waals surface area contributed by atoms with E-state index in [1.165, 1.54) is 16.2 Å². The summed E-state index contributed by atoms with van der Waals surface area (Å²) in [5, 5.41) is 1.73. The molecule has 1 aliphatic heterocycles. The Kier molecular flexibility index (Phi) is 2.64. The van der Waals surface area contributed by atoms with Crippen LogP contribution in [0, 0.1) is 6.92 Å². The second kappa shape index (κ2) is 3.77. The van der Waals surface area contributed by atoms with Crippen molar-refractivity contribution in [2.45, 2.75) is 32.1 Å². The number of nitrogens with zero attached hydrogens (tertiary/aromatic N) is 1. The van der Waals surface area contributed by atoms with Gasteiger partial charge in [0.2, 0.25) is 0 Å². The molecule has 0 amide bonds. The highest BCUT2D eigenvalue weighted by Gasteiger charge is 2.25. The smallest absolute Gasteiger partial charge is 0.0655 e. The molecule has 2 heteroatoms. The number of hydrogen-bond acceptors (Lipinski definition) is 2. The van der Waals surface area contributed by atoms with Gasteiger partial charge >= 0.3 is 0 Å². The highest BCUT2D eigenvalue weighted by molar-refractivity contribution is 8.14. The van der Waals surface area contributed by atoms with Crippen LogP contribution in [0.25, 0.3) is 0 Å². The van der Waals surface area contributed by atoms with E-state index in [0.29, 0.717) is 11.3 Å². The van der Waals surface area contributed by atoms with Crippen molar-refractivity contribution in [1.29, 1.82) is 0 Å². The molecule has 0 N–H and O–H groups in total. The van der Waals surface area contributed by atoms with Crippen LogP contribution in [0.4, 0.5) is 0 Å². The van der Waals surface area contributed by atoms with Gasteiger partial charge in [-0.15, -0.1) is 11.8 Å². The minimum absolute atomic E-state index is 0.419. The third kappa shape index (κ3) is 1.85. The lowest BCUT2D eigenvalue weighted by atomic mass is 10.1. The fraction of sp³-hybridized carbons (Fsp3) is 0.417. The summed E-state index contributed by atoms with van der Waals surface area (Å²) in [6.45, 7) is 6.40. The standard InChI is InChI=1S/C12H15NS/c1-8-4-6-11(7-5-8)12-9(2)13-10(3)14-12/h4-7,9,12H,1-3H3/t9-,12?/m1/s1. The summed E-state index contributed by atoms with van der Waals surface area (Å²) in [5.74, 6) is 0. The first-order valence-corrected chi connectivity index (χ1v) is 5.82. The van der Waals surface area contributed by atoms with Crippen LogP contribution in [0.1, 0.15) is 30.2 Å². The van der Waals surface area contributed by atoms with Crippen LogP contribution in [0.3, 0.4) is 0 Å². The maximum Gasteiger partial charge on any atom is 0.0655 e. The Morgan fingerprint density at radius 3 is 2.29 bits per heavy atom. The average Bonchev–Trinajstić information content (AvgIpc) is 2.47. The third-order valence-electron chi connectivity index (χ3n) is 2.53. The highest BCUT2D eigenvalue weighted by atomic mass is 32.2. The molecule has 0 fully saturated rings. The Bertz CT molecular complexity index is 353. The Balaban J connectivity index is 2.21. The Hall–Kier alpha value is -0.760. The molecule has 0 saturated heterocycles. The summed E-state index contributed by atoms with van der Waals surface area (Å²) < 4.78 is 0. The number of thioether (sulfide) groups is 1. The lowest BCUT2D eigenvalue weighted by molar-refractivity contribution is 0.739. The van der Waals surface area contributed by atoms with E-state index in [9.17, 15) is 0 Å². The zero-order valence-electron chi connectivity index (χ0n) is 8.82. The van der Waals surface area contributed by atoms with E-state index in [1.807, 2.05) is 11.8 Å². The fourth-order valence-electron chi connectivity index (χ4n) is 1.77. The Labute approximate surface area is 89.6 Å². The Morgan fingerprint density at radius 1 is 1.14 bits per heavy atom. The van der Waals surface area contributed by atoms with E-state index in [-0.39, 0.29) is 0 Å². The van der Waals surface area contributed by atoms with Gasteiger partial charge in [0.1, 0.15) is 0 Å². The van der Waals surface area contributed by atoms with E-state index in [4.69, 9.17) is 0 Å². The summed E-state index contributed by atoms with van der Waals surface area (Å²) in [6, 6.07) is 9.21. The molecule has 1 nitrogen and oxygen atoms in total. The quantitative estimate of drug-likeness (QED) is 0.682. The first kappa shape index (κ1) is 9.78. The summed E-state index contributed by atoms with van der Waals surface area (Å²) in [5.41, 5.74) is 2.72. The van der Waals surface area contributed by atoms with Crippen molar-refractivity contribution < 1.29 is 0 Å². The van der Waals surface area contributed by atoms with Crippen molar-refractivity contribution in [3.8, 4) is 0 Å². The van der Waals surface area contributed by atoms with Gasteiger partial charge < -0.3 is 0 Å². The highest BCUT2D eigenvalue weighted by Crippen LogP contribution is 2.39. The summed E-state index contributed by atoms with van der Waals surface area (Å²) in [4.78, 5) is 4.55. The number of aliphatic imine (C=N–C) groups is 1. The molecular weight excluding hydrogens is 190 g/mol. The molecule has 1 aromatic rings. The molecule has 0 radical (unpaired) electrons. The molecule has 0 aromatic heterocycles. The van der Waals surface area contributed by atoms with Gasteiger partial charge in [-0.05, 0) is 26.3 Å². The first-order chi connectivity index (χ1) is 6.66. The first-order valence-electron chi connectivity index (χ1n) is 4.94. The molecule has 1 heterocycles. The molecule has 1 aliphatic rings. The van der Waals surface area contributed by atoms with Crippen molar-refractivity contribution in [3.63, 3.8) is 0 Å². The van der Waals surface area contributed by atoms with E-state index < -0.39 is 0 Å². The molecule has 1 aromatic carbocycles. The zero-order valence-corrected chi connectivity index (χ0v) is 9.64. The SMILES string of the molecule is CC1=N[C@H](C)C(c2ccc(C)cc2)S1. The molecule has 1 unspecified atom stereocenters. The van der Waals surface area contributed by atoms with Crippen molar-refractivity contribution >= 4 is 16.8 Å². The zero-order chi connectivity index (χ0) is 10.1. The summed E-state index contributed by atoms with van der Waals surface area (Å²) in [7, 11) is 0. The van der Waals surface area contributed by atoms with Gasteiger partial charge in [0.25, 0.3) is 0 Å². The molecular formula is C12H15NS. The minimum atomic E-state index is 0.419. The fourth-order valence-corrected chi connectivity index (χ4v) is 2.92. The predicted octanol–water partition coefficient (Wildman–Crippen LogP) is 3.59. The molecule has 0 saturated carbocycles. The van der Waals surface area contributed by atoms with E-state index in [2.05, 4.69) is 50.0 Å².